The van der Waals surface area contributed by atoms with Crippen molar-refractivity contribution in [1.29, 1.82) is 0 Å². The van der Waals surface area contributed by atoms with Crippen LogP contribution in [0.5, 0.6) is 0 Å². The molecule has 0 bridgehead atoms. The first-order valence-corrected chi connectivity index (χ1v) is 8.71. The normalized spacial score (nSPS) is 18.4. The Morgan fingerprint density at radius 1 is 1.08 bits per heavy atom. The van der Waals surface area contributed by atoms with E-state index in [0.717, 1.165) is 43.6 Å². The van der Waals surface area contributed by atoms with E-state index in [4.69, 9.17) is 5.73 Å². The topological polar surface area (TPSA) is 75.4 Å². The van der Waals surface area contributed by atoms with Crippen LogP contribution in [-0.2, 0) is 11.2 Å². The zero-order chi connectivity index (χ0) is 17.4. The highest BCUT2D eigenvalue weighted by molar-refractivity contribution is 6.02. The minimum absolute atomic E-state index is 0.0271. The molecule has 3 N–H and O–H groups in total. The molecule has 5 heteroatoms. The van der Waals surface area contributed by atoms with Crippen LogP contribution in [-0.4, -0.2) is 24.9 Å². The third-order valence-electron chi connectivity index (χ3n) is 5.16. The van der Waals surface area contributed by atoms with E-state index in [1.54, 1.807) is 12.1 Å². The Morgan fingerprint density at radius 3 is 2.56 bits per heavy atom. The van der Waals surface area contributed by atoms with Gasteiger partial charge in [-0.05, 0) is 48.6 Å². The van der Waals surface area contributed by atoms with Gasteiger partial charge in [-0.15, -0.1) is 0 Å². The van der Waals surface area contributed by atoms with Crippen molar-refractivity contribution < 1.29 is 9.59 Å². The van der Waals surface area contributed by atoms with Gasteiger partial charge in [-0.3, -0.25) is 9.59 Å². The number of hydrogen-bond acceptors (Lipinski definition) is 3. The smallest absolute Gasteiger partial charge is 0.248 e. The van der Waals surface area contributed by atoms with Gasteiger partial charge in [-0.25, -0.2) is 0 Å². The van der Waals surface area contributed by atoms with Gasteiger partial charge in [0.05, 0.1) is 17.3 Å². The van der Waals surface area contributed by atoms with E-state index in [9.17, 15) is 9.59 Å². The Hall–Kier alpha value is -2.82. The molecule has 1 aliphatic carbocycles. The van der Waals surface area contributed by atoms with Gasteiger partial charge >= 0.3 is 0 Å². The summed E-state index contributed by atoms with van der Waals surface area (Å²) in [5.74, 6) is -0.641. The van der Waals surface area contributed by atoms with E-state index in [1.165, 1.54) is 5.56 Å². The Bertz CT molecular complexity index is 841. The van der Waals surface area contributed by atoms with Gasteiger partial charge in [0.15, 0.2) is 0 Å². The highest BCUT2D eigenvalue weighted by Gasteiger charge is 2.32. The van der Waals surface area contributed by atoms with Crippen LogP contribution >= 0.6 is 0 Å². The maximum atomic E-state index is 12.8. The zero-order valence-electron chi connectivity index (χ0n) is 14.0. The number of primary amides is 1. The number of fused-ring (bicyclic) bond motifs is 1. The molecule has 0 aromatic heterocycles. The van der Waals surface area contributed by atoms with Crippen molar-refractivity contribution in [3.05, 3.63) is 59.2 Å². The second-order valence-electron chi connectivity index (χ2n) is 6.74. The van der Waals surface area contributed by atoms with E-state index in [2.05, 4.69) is 16.3 Å². The van der Waals surface area contributed by atoms with Crippen LogP contribution in [0.15, 0.2) is 42.5 Å². The average molecular weight is 335 g/mol. The number of benzene rings is 2. The first-order chi connectivity index (χ1) is 12.1. The molecule has 2 aromatic carbocycles. The molecule has 128 valence electrons. The summed E-state index contributed by atoms with van der Waals surface area (Å²) < 4.78 is 0. The SMILES string of the molecule is NC(=O)c1ccc(N2CCCC2)c(NC(=O)[C@@H]2Cc3ccccc32)c1. The van der Waals surface area contributed by atoms with Crippen molar-refractivity contribution >= 4 is 23.2 Å². The molecule has 1 saturated heterocycles. The van der Waals surface area contributed by atoms with Crippen molar-refractivity contribution in [1.82, 2.24) is 0 Å². The number of carbonyl (C=O) groups is 2. The molecule has 0 radical (unpaired) electrons. The Kier molecular flexibility index (Phi) is 3.92. The summed E-state index contributed by atoms with van der Waals surface area (Å²) in [6.07, 6.45) is 3.04. The molecule has 5 nitrogen and oxygen atoms in total. The monoisotopic (exact) mass is 335 g/mol. The minimum atomic E-state index is -0.488. The van der Waals surface area contributed by atoms with Crippen molar-refractivity contribution in [2.45, 2.75) is 25.2 Å². The second kappa shape index (κ2) is 6.24. The summed E-state index contributed by atoms with van der Waals surface area (Å²) in [7, 11) is 0. The van der Waals surface area contributed by atoms with Gasteiger partial charge in [0.2, 0.25) is 11.8 Å². The number of nitrogens with zero attached hydrogens (tertiary/aromatic N) is 1. The maximum absolute atomic E-state index is 12.8. The number of nitrogens with one attached hydrogen (secondary N) is 1. The second-order valence-corrected chi connectivity index (χ2v) is 6.74. The van der Waals surface area contributed by atoms with Crippen molar-refractivity contribution in [2.75, 3.05) is 23.3 Å². The molecular weight excluding hydrogens is 314 g/mol. The van der Waals surface area contributed by atoms with Gasteiger partial charge in [-0.2, -0.15) is 0 Å². The van der Waals surface area contributed by atoms with Crippen LogP contribution in [0, 0.1) is 0 Å². The molecule has 1 fully saturated rings. The highest BCUT2D eigenvalue weighted by Crippen LogP contribution is 2.37. The van der Waals surface area contributed by atoms with E-state index in [-0.39, 0.29) is 11.8 Å². The first-order valence-electron chi connectivity index (χ1n) is 8.71. The zero-order valence-corrected chi connectivity index (χ0v) is 14.0. The lowest BCUT2D eigenvalue weighted by Gasteiger charge is -2.30. The van der Waals surface area contributed by atoms with Gasteiger partial charge < -0.3 is 16.0 Å². The summed E-state index contributed by atoms with van der Waals surface area (Å²) in [6.45, 7) is 1.93. The number of rotatable bonds is 4. The fourth-order valence-corrected chi connectivity index (χ4v) is 3.74. The number of carbonyl (C=O) groups excluding carboxylic acids is 2. The van der Waals surface area contributed by atoms with Gasteiger partial charge in [0.1, 0.15) is 0 Å². The third-order valence-corrected chi connectivity index (χ3v) is 5.16. The van der Waals surface area contributed by atoms with Crippen LogP contribution in [0.4, 0.5) is 11.4 Å². The Labute approximate surface area is 146 Å². The van der Waals surface area contributed by atoms with Crippen LogP contribution in [0.3, 0.4) is 0 Å². The predicted octanol–water partition coefficient (Wildman–Crippen LogP) is 2.66. The number of anilines is 2. The van der Waals surface area contributed by atoms with Crippen LogP contribution < -0.4 is 16.0 Å². The summed E-state index contributed by atoms with van der Waals surface area (Å²) in [4.78, 5) is 26.5. The molecule has 0 unspecified atom stereocenters. The Morgan fingerprint density at radius 2 is 1.84 bits per heavy atom. The third kappa shape index (κ3) is 2.86. The predicted molar refractivity (Wildman–Crippen MR) is 97.9 cm³/mol. The Balaban J connectivity index is 1.61. The summed E-state index contributed by atoms with van der Waals surface area (Å²) in [5, 5.41) is 3.04. The first kappa shape index (κ1) is 15.7. The summed E-state index contributed by atoms with van der Waals surface area (Å²) in [5.41, 5.74) is 9.78. The van der Waals surface area contributed by atoms with Crippen molar-refractivity contribution in [2.24, 2.45) is 5.73 Å². The molecular formula is C20H21N3O2. The standard InChI is InChI=1S/C20H21N3O2/c21-19(24)14-7-8-18(23-9-3-4-10-23)17(12-14)22-20(25)16-11-13-5-1-2-6-15(13)16/h1-2,5-8,12,16H,3-4,9-11H2,(H2,21,24)(H,22,25)/t16-/m1/s1. The lowest BCUT2D eigenvalue weighted by atomic mass is 9.77. The van der Waals surface area contributed by atoms with Gasteiger partial charge in [-0.1, -0.05) is 24.3 Å². The van der Waals surface area contributed by atoms with Crippen LogP contribution in [0.1, 0.15) is 40.2 Å². The molecule has 2 amide bonds. The molecule has 4 rings (SSSR count). The molecule has 25 heavy (non-hydrogen) atoms. The fourth-order valence-electron chi connectivity index (χ4n) is 3.74. The highest BCUT2D eigenvalue weighted by atomic mass is 16.2. The average Bonchev–Trinajstić information content (AvgIpc) is 3.10. The molecule has 1 aliphatic heterocycles. The molecule has 0 saturated carbocycles. The molecule has 1 atom stereocenters. The van der Waals surface area contributed by atoms with Gasteiger partial charge in [0.25, 0.3) is 0 Å². The molecule has 2 aliphatic rings. The molecule has 0 spiro atoms. The van der Waals surface area contributed by atoms with E-state index in [0.29, 0.717) is 11.3 Å². The van der Waals surface area contributed by atoms with Gasteiger partial charge in [0, 0.05) is 18.7 Å². The fraction of sp³-hybridized carbons (Fsp3) is 0.300. The largest absolute Gasteiger partial charge is 0.370 e. The number of amides is 2. The lowest BCUT2D eigenvalue weighted by molar-refractivity contribution is -0.118. The van der Waals surface area contributed by atoms with E-state index in [1.807, 2.05) is 24.3 Å². The molecule has 1 heterocycles. The maximum Gasteiger partial charge on any atom is 0.248 e. The molecule has 2 aromatic rings. The number of hydrogen-bond donors (Lipinski definition) is 2. The van der Waals surface area contributed by atoms with Crippen molar-refractivity contribution in [3.63, 3.8) is 0 Å². The van der Waals surface area contributed by atoms with E-state index >= 15 is 0 Å². The summed E-state index contributed by atoms with van der Waals surface area (Å²) >= 11 is 0. The van der Waals surface area contributed by atoms with E-state index < -0.39 is 5.91 Å². The lowest BCUT2D eigenvalue weighted by Crippen LogP contribution is -2.31. The summed E-state index contributed by atoms with van der Waals surface area (Å²) in [6, 6.07) is 13.3. The quantitative estimate of drug-likeness (QED) is 0.902. The van der Waals surface area contributed by atoms with Crippen LogP contribution in [0.25, 0.3) is 0 Å². The van der Waals surface area contributed by atoms with Crippen LogP contribution in [0.2, 0.25) is 0 Å². The minimum Gasteiger partial charge on any atom is -0.370 e. The van der Waals surface area contributed by atoms with Crippen molar-refractivity contribution in [3.8, 4) is 0 Å². The number of nitrogens with two attached hydrogens (primary N) is 1.